The molecule has 4 rings (SSSR count). The van der Waals surface area contributed by atoms with Crippen LogP contribution in [0.4, 0.5) is 10.5 Å². The van der Waals surface area contributed by atoms with Crippen molar-refractivity contribution in [3.8, 4) is 0 Å². The van der Waals surface area contributed by atoms with Gasteiger partial charge in [0.15, 0.2) is 0 Å². The molecule has 2 saturated heterocycles. The average Bonchev–Trinajstić information content (AvgIpc) is 3.42. The topological polar surface area (TPSA) is 107 Å². The number of sulfonamides is 1. The summed E-state index contributed by atoms with van der Waals surface area (Å²) in [6.45, 7) is 1.94. The van der Waals surface area contributed by atoms with Crippen LogP contribution in [0.25, 0.3) is 0 Å². The standard InChI is InChI=1S/C20H25IN4O5S/c21-14-7-8-15-17(13-14)31(29,30)25(20(28)22-15)12-4-6-18(26)24-11-3-5-16(24)19(27)23-9-1-2-10-23/h7-8,13,16H,1-6,9-12H2,(H,22,28)/t16-/m0/s1. The van der Waals surface area contributed by atoms with Crippen molar-refractivity contribution in [2.24, 2.45) is 0 Å². The maximum Gasteiger partial charge on any atom is 0.335 e. The lowest BCUT2D eigenvalue weighted by atomic mass is 10.2. The summed E-state index contributed by atoms with van der Waals surface area (Å²) < 4.78 is 27.3. The van der Waals surface area contributed by atoms with Gasteiger partial charge in [-0.2, -0.15) is 0 Å². The number of hydrogen-bond acceptors (Lipinski definition) is 5. The fourth-order valence-electron chi connectivity index (χ4n) is 4.43. The van der Waals surface area contributed by atoms with E-state index in [0.29, 0.717) is 13.0 Å². The fourth-order valence-corrected chi connectivity index (χ4v) is 6.67. The number of urea groups is 1. The second kappa shape index (κ2) is 8.93. The number of likely N-dealkylation sites (tertiary alicyclic amines) is 2. The summed E-state index contributed by atoms with van der Waals surface area (Å²) in [6.07, 6.45) is 3.74. The predicted molar refractivity (Wildman–Crippen MR) is 122 cm³/mol. The number of anilines is 1. The maximum atomic E-state index is 12.9. The summed E-state index contributed by atoms with van der Waals surface area (Å²) >= 11 is 2.02. The van der Waals surface area contributed by atoms with Crippen LogP contribution in [0.1, 0.15) is 38.5 Å². The Labute approximate surface area is 195 Å². The molecule has 0 aromatic heterocycles. The molecule has 4 amide bonds. The van der Waals surface area contributed by atoms with E-state index in [-0.39, 0.29) is 41.8 Å². The highest BCUT2D eigenvalue weighted by atomic mass is 127. The van der Waals surface area contributed by atoms with E-state index in [2.05, 4.69) is 5.32 Å². The summed E-state index contributed by atoms with van der Waals surface area (Å²) in [4.78, 5) is 41.4. The number of nitrogens with zero attached hydrogens (tertiary/aromatic N) is 3. The van der Waals surface area contributed by atoms with Crippen LogP contribution in [0.2, 0.25) is 0 Å². The molecule has 9 nitrogen and oxygen atoms in total. The smallest absolute Gasteiger partial charge is 0.335 e. The zero-order chi connectivity index (χ0) is 22.2. The molecule has 168 valence electrons. The molecule has 3 aliphatic rings. The number of hydrogen-bond donors (Lipinski definition) is 1. The Morgan fingerprint density at radius 3 is 2.61 bits per heavy atom. The van der Waals surface area contributed by atoms with Gasteiger partial charge in [-0.1, -0.05) is 0 Å². The number of nitrogens with one attached hydrogen (secondary N) is 1. The van der Waals surface area contributed by atoms with Gasteiger partial charge in [0.1, 0.15) is 10.9 Å². The maximum absolute atomic E-state index is 12.9. The zero-order valence-electron chi connectivity index (χ0n) is 17.0. The van der Waals surface area contributed by atoms with E-state index in [1.54, 1.807) is 17.0 Å². The zero-order valence-corrected chi connectivity index (χ0v) is 20.0. The average molecular weight is 560 g/mol. The van der Waals surface area contributed by atoms with Crippen molar-refractivity contribution in [1.29, 1.82) is 0 Å². The monoisotopic (exact) mass is 560 g/mol. The van der Waals surface area contributed by atoms with Crippen molar-refractivity contribution in [3.05, 3.63) is 21.8 Å². The molecule has 0 radical (unpaired) electrons. The number of carbonyl (C=O) groups is 3. The van der Waals surface area contributed by atoms with Gasteiger partial charge >= 0.3 is 6.03 Å². The predicted octanol–water partition coefficient (Wildman–Crippen LogP) is 2.22. The van der Waals surface area contributed by atoms with E-state index in [1.807, 2.05) is 27.5 Å². The van der Waals surface area contributed by atoms with E-state index in [0.717, 1.165) is 40.2 Å². The molecule has 1 N–H and O–H groups in total. The first-order chi connectivity index (χ1) is 14.8. The minimum absolute atomic E-state index is 0.0209. The molecule has 0 spiro atoms. The number of benzene rings is 1. The van der Waals surface area contributed by atoms with Gasteiger partial charge in [-0.05, 0) is 72.9 Å². The fraction of sp³-hybridized carbons (Fsp3) is 0.550. The Morgan fingerprint density at radius 2 is 1.87 bits per heavy atom. The van der Waals surface area contributed by atoms with Gasteiger partial charge in [-0.15, -0.1) is 0 Å². The highest BCUT2D eigenvalue weighted by molar-refractivity contribution is 14.1. The number of rotatable bonds is 5. The molecule has 11 heteroatoms. The minimum atomic E-state index is -3.98. The van der Waals surface area contributed by atoms with E-state index in [9.17, 15) is 22.8 Å². The molecule has 0 saturated carbocycles. The second-order valence-electron chi connectivity index (χ2n) is 8.03. The van der Waals surface area contributed by atoms with E-state index < -0.39 is 22.1 Å². The molecule has 1 aromatic rings. The molecular weight excluding hydrogens is 535 g/mol. The van der Waals surface area contributed by atoms with Gasteiger partial charge < -0.3 is 15.1 Å². The van der Waals surface area contributed by atoms with Crippen LogP contribution in [-0.2, 0) is 19.6 Å². The van der Waals surface area contributed by atoms with Gasteiger partial charge in [0.05, 0.1) is 5.69 Å². The van der Waals surface area contributed by atoms with Crippen LogP contribution in [0.15, 0.2) is 23.1 Å². The summed E-state index contributed by atoms with van der Waals surface area (Å²) in [6, 6.07) is 3.67. The Balaban J connectivity index is 1.38. The van der Waals surface area contributed by atoms with Crippen LogP contribution in [0.5, 0.6) is 0 Å². The van der Waals surface area contributed by atoms with Gasteiger partial charge in [-0.25, -0.2) is 17.5 Å². The molecule has 1 atom stereocenters. The highest BCUT2D eigenvalue weighted by Gasteiger charge is 2.38. The lowest BCUT2D eigenvalue weighted by molar-refractivity contribution is -0.143. The third-order valence-electron chi connectivity index (χ3n) is 6.01. The number of carbonyl (C=O) groups excluding carboxylic acids is 3. The van der Waals surface area contributed by atoms with Gasteiger partial charge in [-0.3, -0.25) is 9.59 Å². The van der Waals surface area contributed by atoms with Crippen LogP contribution < -0.4 is 5.32 Å². The number of amides is 4. The molecule has 2 fully saturated rings. The molecule has 0 unspecified atom stereocenters. The SMILES string of the molecule is O=C([C@@H]1CCCN1C(=O)CCCN1C(=O)Nc2ccc(I)cc2S1(=O)=O)N1CCCC1. The van der Waals surface area contributed by atoms with Crippen molar-refractivity contribution >= 4 is 56.1 Å². The minimum Gasteiger partial charge on any atom is -0.341 e. The third kappa shape index (κ3) is 4.38. The van der Waals surface area contributed by atoms with Gasteiger partial charge in [0.2, 0.25) is 11.8 Å². The first-order valence-corrected chi connectivity index (χ1v) is 13.0. The van der Waals surface area contributed by atoms with Crippen LogP contribution in [0, 0.1) is 3.57 Å². The Morgan fingerprint density at radius 1 is 1.13 bits per heavy atom. The summed E-state index contributed by atoms with van der Waals surface area (Å²) in [5, 5.41) is 2.60. The largest absolute Gasteiger partial charge is 0.341 e. The van der Waals surface area contributed by atoms with Crippen molar-refractivity contribution in [2.75, 3.05) is 31.5 Å². The number of fused-ring (bicyclic) bond motifs is 1. The third-order valence-corrected chi connectivity index (χ3v) is 8.50. The van der Waals surface area contributed by atoms with Crippen LogP contribution in [-0.4, -0.2) is 72.6 Å². The molecule has 0 bridgehead atoms. The quantitative estimate of drug-likeness (QED) is 0.556. The first kappa shape index (κ1) is 22.3. The molecule has 31 heavy (non-hydrogen) atoms. The van der Waals surface area contributed by atoms with Crippen molar-refractivity contribution in [2.45, 2.75) is 49.5 Å². The lowest BCUT2D eigenvalue weighted by Gasteiger charge is -2.30. The summed E-state index contributed by atoms with van der Waals surface area (Å²) in [5.41, 5.74) is 0.262. The van der Waals surface area contributed by atoms with E-state index in [1.165, 1.54) is 6.07 Å². The molecule has 3 aliphatic heterocycles. The van der Waals surface area contributed by atoms with Crippen molar-refractivity contribution in [3.63, 3.8) is 0 Å². The normalized spacial score (nSPS) is 22.4. The van der Waals surface area contributed by atoms with Crippen molar-refractivity contribution < 1.29 is 22.8 Å². The van der Waals surface area contributed by atoms with Gasteiger partial charge in [0.25, 0.3) is 10.0 Å². The Bertz CT molecular complexity index is 1010. The molecule has 1 aromatic carbocycles. The van der Waals surface area contributed by atoms with Crippen LogP contribution in [0.3, 0.4) is 0 Å². The van der Waals surface area contributed by atoms with Gasteiger partial charge in [0, 0.05) is 36.2 Å². The van der Waals surface area contributed by atoms with E-state index in [4.69, 9.17) is 0 Å². The summed E-state index contributed by atoms with van der Waals surface area (Å²) in [5.74, 6) is -0.146. The molecular formula is C20H25IN4O5S. The summed E-state index contributed by atoms with van der Waals surface area (Å²) in [7, 11) is -3.98. The lowest BCUT2D eigenvalue weighted by Crippen LogP contribution is -2.47. The Hall–Kier alpha value is -1.89. The molecule has 0 aliphatic carbocycles. The Kier molecular flexibility index (Phi) is 6.42. The second-order valence-corrected chi connectivity index (χ2v) is 11.1. The van der Waals surface area contributed by atoms with Crippen molar-refractivity contribution in [1.82, 2.24) is 14.1 Å². The highest BCUT2D eigenvalue weighted by Crippen LogP contribution is 2.31. The van der Waals surface area contributed by atoms with E-state index >= 15 is 0 Å². The number of halogens is 1. The first-order valence-electron chi connectivity index (χ1n) is 10.5. The molecule has 3 heterocycles. The van der Waals surface area contributed by atoms with Crippen LogP contribution >= 0.6 is 22.6 Å².